The van der Waals surface area contributed by atoms with Gasteiger partial charge in [-0.1, -0.05) is 6.07 Å². The third-order valence-corrected chi connectivity index (χ3v) is 7.62. The summed E-state index contributed by atoms with van der Waals surface area (Å²) in [5.74, 6) is 2.09. The normalized spacial score (nSPS) is 10.5. The van der Waals surface area contributed by atoms with Crippen molar-refractivity contribution in [2.75, 3.05) is 56.9 Å². The predicted molar refractivity (Wildman–Crippen MR) is 173 cm³/mol. The second-order valence-corrected chi connectivity index (χ2v) is 10.0. The number of carbonyl (C=O) groups is 2. The van der Waals surface area contributed by atoms with Gasteiger partial charge in [-0.15, -0.1) is 0 Å². The molecule has 0 bridgehead atoms. The van der Waals surface area contributed by atoms with Crippen molar-refractivity contribution in [2.24, 2.45) is 0 Å². The summed E-state index contributed by atoms with van der Waals surface area (Å²) < 4.78 is 43.8. The van der Waals surface area contributed by atoms with E-state index in [0.29, 0.717) is 58.5 Å². The van der Waals surface area contributed by atoms with Crippen molar-refractivity contribution >= 4 is 11.6 Å². The van der Waals surface area contributed by atoms with Gasteiger partial charge in [-0.25, -0.2) is 0 Å². The second kappa shape index (κ2) is 15.1. The highest BCUT2D eigenvalue weighted by Gasteiger charge is 2.26. The van der Waals surface area contributed by atoms with Crippen molar-refractivity contribution in [3.05, 3.63) is 82.9 Å². The first-order valence-electron chi connectivity index (χ1n) is 14.3. The lowest BCUT2D eigenvalue weighted by Crippen LogP contribution is -2.16. The number of hydrogen-bond acceptors (Lipinski definition) is 10. The number of Topliss-reactive ketones (excluding diaryl/α,β-unsaturated/α-hetero) is 2. The quantitative estimate of drug-likeness (QED) is 0.110. The molecule has 10 heteroatoms. The van der Waals surface area contributed by atoms with Crippen LogP contribution in [0.25, 0.3) is 11.1 Å². The van der Waals surface area contributed by atoms with Crippen molar-refractivity contribution in [2.45, 2.75) is 12.8 Å². The number of ketones is 2. The van der Waals surface area contributed by atoms with Crippen LogP contribution in [0, 0.1) is 0 Å². The van der Waals surface area contributed by atoms with E-state index in [1.165, 1.54) is 33.5 Å². The third-order valence-electron chi connectivity index (χ3n) is 7.62. The molecule has 0 unspecified atom stereocenters. The van der Waals surface area contributed by atoms with Gasteiger partial charge >= 0.3 is 0 Å². The van der Waals surface area contributed by atoms with E-state index in [4.69, 9.17) is 37.9 Å². The maximum Gasteiger partial charge on any atom is 0.234 e. The molecule has 0 N–H and O–H groups in total. The lowest BCUT2D eigenvalue weighted by molar-refractivity contribution is 0.0817. The minimum atomic E-state index is -0.743. The molecule has 0 atom stereocenters. The van der Waals surface area contributed by atoms with E-state index in [9.17, 15) is 9.59 Å². The van der Waals surface area contributed by atoms with Crippen LogP contribution in [0.1, 0.15) is 31.8 Å². The molecule has 0 amide bonds. The van der Waals surface area contributed by atoms with E-state index >= 15 is 0 Å². The zero-order valence-corrected chi connectivity index (χ0v) is 27.3. The number of hydrogen-bond donors (Lipinski definition) is 0. The van der Waals surface area contributed by atoms with E-state index in [-0.39, 0.29) is 22.6 Å². The summed E-state index contributed by atoms with van der Waals surface area (Å²) in [5, 5.41) is 0. The fraction of sp³-hybridized carbons (Fsp3) is 0.278. The van der Waals surface area contributed by atoms with Crippen LogP contribution in [0.5, 0.6) is 46.0 Å². The molecule has 0 spiro atoms. The summed E-state index contributed by atoms with van der Waals surface area (Å²) in [4.78, 5) is 27.7. The van der Waals surface area contributed by atoms with Crippen LogP contribution in [-0.4, -0.2) is 68.4 Å². The molecule has 0 saturated heterocycles. The van der Waals surface area contributed by atoms with Crippen LogP contribution in [0.2, 0.25) is 0 Å². The molecular formula is C36H38O10. The number of ether oxygens (including phenoxy) is 8. The monoisotopic (exact) mass is 630 g/mol. The van der Waals surface area contributed by atoms with Crippen molar-refractivity contribution in [3.8, 4) is 57.1 Å². The number of methoxy groups -OCH3 is 8. The molecule has 46 heavy (non-hydrogen) atoms. The highest BCUT2D eigenvalue weighted by Crippen LogP contribution is 2.41. The van der Waals surface area contributed by atoms with Crippen molar-refractivity contribution in [3.63, 3.8) is 0 Å². The highest BCUT2D eigenvalue weighted by atomic mass is 16.5. The number of carbonyl (C=O) groups excluding carboxylic acids is 2. The van der Waals surface area contributed by atoms with Gasteiger partial charge in [0.25, 0.3) is 0 Å². The van der Waals surface area contributed by atoms with Gasteiger partial charge in [0.1, 0.15) is 11.5 Å². The first-order valence-corrected chi connectivity index (χ1v) is 14.3. The third kappa shape index (κ3) is 6.81. The van der Waals surface area contributed by atoms with Gasteiger partial charge in [0, 0.05) is 11.1 Å². The average Bonchev–Trinajstić information content (AvgIpc) is 3.11. The summed E-state index contributed by atoms with van der Waals surface area (Å²) in [5.41, 5.74) is 3.39. The molecule has 10 nitrogen and oxygen atoms in total. The van der Waals surface area contributed by atoms with E-state index < -0.39 is 11.6 Å². The molecule has 0 heterocycles. The molecule has 4 aromatic rings. The van der Waals surface area contributed by atoms with Crippen LogP contribution in [-0.2, 0) is 12.8 Å². The van der Waals surface area contributed by atoms with E-state index in [0.717, 1.165) is 11.1 Å². The minimum Gasteiger partial charge on any atom is -0.497 e. The molecule has 0 radical (unpaired) electrons. The minimum absolute atomic E-state index is 0.0922. The molecule has 0 aliphatic heterocycles. The molecule has 0 aliphatic carbocycles. The Kier molecular flexibility index (Phi) is 11.0. The Morgan fingerprint density at radius 2 is 0.957 bits per heavy atom. The largest absolute Gasteiger partial charge is 0.497 e. The standard InChI is InChI=1S/C36H38O10/c1-39-24-12-11-22(10-9-21-15-29(41-3)35(45-7)30(16-21)42-4)27(19-24)28-20-25(40-2)13-14-26(28)34(38)33(37)23-17-31(43-5)36(46-8)32(18-23)44-6/h11-20H,9-10H2,1-8H3. The van der Waals surface area contributed by atoms with Crippen LogP contribution in [0.4, 0.5) is 0 Å². The van der Waals surface area contributed by atoms with Gasteiger partial charge in [0.2, 0.25) is 23.1 Å². The lowest BCUT2D eigenvalue weighted by Gasteiger charge is -2.17. The van der Waals surface area contributed by atoms with Crippen LogP contribution in [0.3, 0.4) is 0 Å². The average molecular weight is 631 g/mol. The number of benzene rings is 4. The molecular weight excluding hydrogens is 592 g/mol. The summed E-state index contributed by atoms with van der Waals surface area (Å²) in [7, 11) is 12.2. The van der Waals surface area contributed by atoms with Gasteiger partial charge in [0.15, 0.2) is 23.0 Å². The lowest BCUT2D eigenvalue weighted by atomic mass is 9.89. The fourth-order valence-corrected chi connectivity index (χ4v) is 5.25. The maximum absolute atomic E-state index is 14.0. The van der Waals surface area contributed by atoms with Gasteiger partial charge < -0.3 is 37.9 Å². The van der Waals surface area contributed by atoms with E-state index in [1.807, 2.05) is 30.3 Å². The van der Waals surface area contributed by atoms with Gasteiger partial charge in [0.05, 0.1) is 56.9 Å². The Balaban J connectivity index is 1.80. The van der Waals surface area contributed by atoms with Gasteiger partial charge in [-0.2, -0.15) is 0 Å². The zero-order valence-electron chi connectivity index (χ0n) is 27.3. The molecule has 242 valence electrons. The molecule has 0 fully saturated rings. The topological polar surface area (TPSA) is 108 Å². The Morgan fingerprint density at radius 3 is 1.43 bits per heavy atom. The molecule has 0 aromatic heterocycles. The van der Waals surface area contributed by atoms with E-state index in [2.05, 4.69) is 0 Å². The van der Waals surface area contributed by atoms with Crippen molar-refractivity contribution < 1.29 is 47.5 Å². The maximum atomic E-state index is 14.0. The Bertz CT molecular complexity index is 1680. The predicted octanol–water partition coefficient (Wildman–Crippen LogP) is 6.27. The molecule has 4 aromatic carbocycles. The first-order chi connectivity index (χ1) is 22.3. The van der Waals surface area contributed by atoms with Crippen LogP contribution >= 0.6 is 0 Å². The SMILES string of the molecule is COc1ccc(CCc2cc(OC)c(OC)c(OC)c2)c(-c2cc(OC)ccc2C(=O)C(=O)c2cc(OC)c(OC)c(OC)c2)c1. The summed E-state index contributed by atoms with van der Waals surface area (Å²) in [6.45, 7) is 0. The molecule has 4 rings (SSSR count). The second-order valence-electron chi connectivity index (χ2n) is 10.0. The first kappa shape index (κ1) is 33.5. The Morgan fingerprint density at radius 1 is 0.478 bits per heavy atom. The number of aryl methyl sites for hydroxylation is 2. The summed E-state index contributed by atoms with van der Waals surface area (Å²) in [6.07, 6.45) is 1.18. The summed E-state index contributed by atoms with van der Waals surface area (Å²) in [6, 6.07) is 17.4. The Labute approximate surface area is 268 Å². The molecule has 0 saturated carbocycles. The fourth-order valence-electron chi connectivity index (χ4n) is 5.25. The van der Waals surface area contributed by atoms with Crippen molar-refractivity contribution in [1.82, 2.24) is 0 Å². The summed E-state index contributed by atoms with van der Waals surface area (Å²) >= 11 is 0. The van der Waals surface area contributed by atoms with Crippen molar-refractivity contribution in [1.29, 1.82) is 0 Å². The smallest absolute Gasteiger partial charge is 0.234 e. The van der Waals surface area contributed by atoms with Gasteiger partial charge in [-0.05, 0) is 89.7 Å². The highest BCUT2D eigenvalue weighted by molar-refractivity contribution is 6.50. The Hall–Kier alpha value is -5.38. The van der Waals surface area contributed by atoms with Crippen LogP contribution in [0.15, 0.2) is 60.7 Å². The van der Waals surface area contributed by atoms with Gasteiger partial charge in [-0.3, -0.25) is 9.59 Å². The molecule has 0 aliphatic rings. The zero-order chi connectivity index (χ0) is 33.4. The number of rotatable bonds is 15. The van der Waals surface area contributed by atoms with E-state index in [1.54, 1.807) is 53.7 Å². The van der Waals surface area contributed by atoms with Crippen LogP contribution < -0.4 is 37.9 Å².